The van der Waals surface area contributed by atoms with Crippen molar-refractivity contribution in [2.45, 2.75) is 6.92 Å². The summed E-state index contributed by atoms with van der Waals surface area (Å²) >= 11 is 1.31. The molecule has 0 unspecified atom stereocenters. The molecule has 0 saturated carbocycles. The number of esters is 1. The van der Waals surface area contributed by atoms with E-state index < -0.39 is 5.97 Å². The molecule has 0 atom stereocenters. The van der Waals surface area contributed by atoms with Crippen molar-refractivity contribution in [3.63, 3.8) is 0 Å². The Morgan fingerprint density at radius 3 is 2.80 bits per heavy atom. The van der Waals surface area contributed by atoms with Crippen molar-refractivity contribution in [2.75, 3.05) is 0 Å². The second kappa shape index (κ2) is 7.00. The van der Waals surface area contributed by atoms with Crippen LogP contribution in [0, 0.1) is 6.92 Å². The van der Waals surface area contributed by atoms with Gasteiger partial charge in [-0.25, -0.2) is 4.79 Å². The Kier molecular flexibility index (Phi) is 4.29. The van der Waals surface area contributed by atoms with Gasteiger partial charge in [-0.1, -0.05) is 24.3 Å². The molecule has 0 aliphatic carbocycles. The minimum absolute atomic E-state index is 0.174. The SMILES string of the molecule is Cc1cc(OC(=O)c2cccs2)cc2c1C(=O)/C(=C/c1cn(C)c3ccccc13)O2. The number of para-hydroxylation sites is 1. The van der Waals surface area contributed by atoms with Crippen molar-refractivity contribution >= 4 is 40.1 Å². The molecule has 0 radical (unpaired) electrons. The van der Waals surface area contributed by atoms with Gasteiger partial charge in [0, 0.05) is 35.8 Å². The van der Waals surface area contributed by atoms with E-state index in [-0.39, 0.29) is 11.5 Å². The molecule has 4 aromatic rings. The van der Waals surface area contributed by atoms with Crippen LogP contribution in [0.5, 0.6) is 11.5 Å². The van der Waals surface area contributed by atoms with E-state index in [4.69, 9.17) is 9.47 Å². The van der Waals surface area contributed by atoms with E-state index >= 15 is 0 Å². The van der Waals surface area contributed by atoms with E-state index in [1.807, 2.05) is 54.4 Å². The fourth-order valence-electron chi connectivity index (χ4n) is 3.72. The zero-order chi connectivity index (χ0) is 20.8. The molecule has 5 rings (SSSR count). The van der Waals surface area contributed by atoms with Crippen LogP contribution in [0.15, 0.2) is 65.9 Å². The lowest BCUT2D eigenvalue weighted by Gasteiger charge is -2.06. The number of ether oxygens (including phenoxy) is 2. The first kappa shape index (κ1) is 18.4. The minimum atomic E-state index is -0.430. The van der Waals surface area contributed by atoms with E-state index in [2.05, 4.69) is 0 Å². The van der Waals surface area contributed by atoms with Crippen LogP contribution in [0.1, 0.15) is 31.2 Å². The molecule has 2 aromatic heterocycles. The summed E-state index contributed by atoms with van der Waals surface area (Å²) in [5.41, 5.74) is 3.18. The molecule has 0 N–H and O–H groups in total. The number of benzene rings is 2. The Labute approximate surface area is 176 Å². The van der Waals surface area contributed by atoms with Crippen LogP contribution in [-0.4, -0.2) is 16.3 Å². The number of carbonyl (C=O) groups excluding carboxylic acids is 2. The number of ketones is 1. The number of aromatic nitrogens is 1. The normalized spacial score (nSPS) is 14.2. The maximum Gasteiger partial charge on any atom is 0.353 e. The van der Waals surface area contributed by atoms with Crippen molar-refractivity contribution in [3.05, 3.63) is 87.4 Å². The molecule has 5 nitrogen and oxygen atoms in total. The molecule has 148 valence electrons. The van der Waals surface area contributed by atoms with Crippen LogP contribution in [0.25, 0.3) is 17.0 Å². The minimum Gasteiger partial charge on any atom is -0.452 e. The Morgan fingerprint density at radius 2 is 2.00 bits per heavy atom. The summed E-state index contributed by atoms with van der Waals surface area (Å²) < 4.78 is 13.4. The highest BCUT2D eigenvalue weighted by Gasteiger charge is 2.30. The van der Waals surface area contributed by atoms with Crippen molar-refractivity contribution < 1.29 is 19.1 Å². The fraction of sp³-hybridized carbons (Fsp3) is 0.0833. The monoisotopic (exact) mass is 415 g/mol. The van der Waals surface area contributed by atoms with Gasteiger partial charge in [-0.3, -0.25) is 4.79 Å². The van der Waals surface area contributed by atoms with E-state index in [1.54, 1.807) is 30.3 Å². The Balaban J connectivity index is 1.49. The number of hydrogen-bond donors (Lipinski definition) is 0. The Bertz CT molecular complexity index is 1350. The Hall–Kier alpha value is -3.64. The smallest absolute Gasteiger partial charge is 0.353 e. The highest BCUT2D eigenvalue weighted by molar-refractivity contribution is 7.12. The maximum atomic E-state index is 13.0. The number of nitrogens with zero attached hydrogens (tertiary/aromatic N) is 1. The second-order valence-corrected chi connectivity index (χ2v) is 8.08. The summed E-state index contributed by atoms with van der Waals surface area (Å²) in [6.07, 6.45) is 3.74. The number of carbonyl (C=O) groups is 2. The zero-order valence-corrected chi connectivity index (χ0v) is 17.2. The van der Waals surface area contributed by atoms with Gasteiger partial charge < -0.3 is 14.0 Å². The molecule has 0 amide bonds. The second-order valence-electron chi connectivity index (χ2n) is 7.13. The van der Waals surface area contributed by atoms with Crippen molar-refractivity contribution in [1.29, 1.82) is 0 Å². The highest BCUT2D eigenvalue weighted by Crippen LogP contribution is 2.38. The predicted molar refractivity (Wildman–Crippen MR) is 116 cm³/mol. The van der Waals surface area contributed by atoms with E-state index in [1.165, 1.54) is 11.3 Å². The van der Waals surface area contributed by atoms with Gasteiger partial charge in [0.15, 0.2) is 5.76 Å². The predicted octanol–water partition coefficient (Wildman–Crippen LogP) is 5.38. The first-order chi connectivity index (χ1) is 14.5. The lowest BCUT2D eigenvalue weighted by molar-refractivity contribution is 0.0739. The molecule has 30 heavy (non-hydrogen) atoms. The summed E-state index contributed by atoms with van der Waals surface area (Å²) in [7, 11) is 1.97. The van der Waals surface area contributed by atoms with E-state index in [0.29, 0.717) is 27.5 Å². The standard InChI is InChI=1S/C24H17NO4S/c1-14-10-16(28-24(27)21-8-5-9-30-21)12-19-22(14)23(26)20(29-19)11-15-13-25(2)18-7-4-3-6-17(15)18/h3-13H,1-2H3/b20-11-. The van der Waals surface area contributed by atoms with Gasteiger partial charge in [-0.15, -0.1) is 11.3 Å². The lowest BCUT2D eigenvalue weighted by Crippen LogP contribution is -2.06. The van der Waals surface area contributed by atoms with Gasteiger partial charge in [-0.05, 0) is 42.1 Å². The van der Waals surface area contributed by atoms with Gasteiger partial charge in [0.25, 0.3) is 0 Å². The number of thiophene rings is 1. The van der Waals surface area contributed by atoms with Gasteiger partial charge in [-0.2, -0.15) is 0 Å². The van der Waals surface area contributed by atoms with Gasteiger partial charge in [0.1, 0.15) is 16.4 Å². The summed E-state index contributed by atoms with van der Waals surface area (Å²) in [6, 6.07) is 14.8. The van der Waals surface area contributed by atoms with E-state index in [9.17, 15) is 9.59 Å². The summed E-state index contributed by atoms with van der Waals surface area (Å²) in [6.45, 7) is 1.81. The largest absolute Gasteiger partial charge is 0.452 e. The van der Waals surface area contributed by atoms with E-state index in [0.717, 1.165) is 16.5 Å². The third kappa shape index (κ3) is 3.02. The topological polar surface area (TPSA) is 57.5 Å². The average Bonchev–Trinajstić information content (AvgIpc) is 3.43. The molecule has 3 heterocycles. The van der Waals surface area contributed by atoms with Crippen molar-refractivity contribution in [2.24, 2.45) is 7.05 Å². The van der Waals surface area contributed by atoms with Gasteiger partial charge in [0.05, 0.1) is 5.56 Å². The first-order valence-corrected chi connectivity index (χ1v) is 10.3. The molecule has 1 aliphatic heterocycles. The van der Waals surface area contributed by atoms with Crippen LogP contribution in [0.3, 0.4) is 0 Å². The number of aryl methyl sites for hydroxylation is 2. The summed E-state index contributed by atoms with van der Waals surface area (Å²) in [4.78, 5) is 25.7. The van der Waals surface area contributed by atoms with Crippen LogP contribution in [0.4, 0.5) is 0 Å². The lowest BCUT2D eigenvalue weighted by atomic mass is 10.0. The molecule has 0 bridgehead atoms. The number of fused-ring (bicyclic) bond motifs is 2. The molecular formula is C24H17NO4S. The van der Waals surface area contributed by atoms with Crippen LogP contribution in [-0.2, 0) is 7.05 Å². The van der Waals surface area contributed by atoms with Gasteiger partial charge >= 0.3 is 5.97 Å². The quantitative estimate of drug-likeness (QED) is 0.256. The first-order valence-electron chi connectivity index (χ1n) is 9.40. The highest BCUT2D eigenvalue weighted by atomic mass is 32.1. The number of rotatable bonds is 3. The average molecular weight is 415 g/mol. The molecule has 0 spiro atoms. The summed E-state index contributed by atoms with van der Waals surface area (Å²) in [5, 5.41) is 2.86. The van der Waals surface area contributed by atoms with Gasteiger partial charge in [0.2, 0.25) is 5.78 Å². The van der Waals surface area contributed by atoms with Crippen LogP contribution < -0.4 is 9.47 Å². The van der Waals surface area contributed by atoms with Crippen molar-refractivity contribution in [3.8, 4) is 11.5 Å². The zero-order valence-electron chi connectivity index (χ0n) is 16.3. The third-order valence-electron chi connectivity index (χ3n) is 5.09. The molecule has 0 fully saturated rings. The summed E-state index contributed by atoms with van der Waals surface area (Å²) in [5.74, 6) is 0.405. The number of hydrogen-bond acceptors (Lipinski definition) is 5. The fourth-order valence-corrected chi connectivity index (χ4v) is 4.32. The van der Waals surface area contributed by atoms with Crippen molar-refractivity contribution in [1.82, 2.24) is 4.57 Å². The Morgan fingerprint density at radius 1 is 1.17 bits per heavy atom. The molecule has 1 aliphatic rings. The molecule has 6 heteroatoms. The molecular weight excluding hydrogens is 398 g/mol. The van der Waals surface area contributed by atoms with Crippen LogP contribution in [0.2, 0.25) is 0 Å². The number of Topliss-reactive ketones (excluding diaryl/α,β-unsaturated/α-hetero) is 1. The molecule has 2 aromatic carbocycles. The third-order valence-corrected chi connectivity index (χ3v) is 5.94. The molecule has 0 saturated heterocycles. The number of allylic oxidation sites excluding steroid dienone is 1. The maximum absolute atomic E-state index is 13.0. The van der Waals surface area contributed by atoms with Crippen LogP contribution >= 0.6 is 11.3 Å².